The van der Waals surface area contributed by atoms with Gasteiger partial charge in [0, 0.05) is 54.4 Å². The van der Waals surface area contributed by atoms with E-state index >= 15 is 0 Å². The second-order valence-electron chi connectivity index (χ2n) is 10.2. The van der Waals surface area contributed by atoms with Gasteiger partial charge in [0.15, 0.2) is 0 Å². The Balaban J connectivity index is 1.30. The Kier molecular flexibility index (Phi) is 10.8. The molecule has 0 spiro atoms. The number of hydrogen-bond acceptors (Lipinski definition) is 8. The van der Waals surface area contributed by atoms with Crippen LogP contribution in [0.1, 0.15) is 22.3 Å². The van der Waals surface area contributed by atoms with Crippen LogP contribution >= 0.6 is 35.6 Å². The Labute approximate surface area is 273 Å². The highest BCUT2D eigenvalue weighted by Gasteiger charge is 2.32. The van der Waals surface area contributed by atoms with Crippen LogP contribution in [0.4, 0.5) is 10.1 Å². The number of thioether (sulfide) groups is 1. The van der Waals surface area contributed by atoms with Crippen molar-refractivity contribution in [1.82, 2.24) is 9.80 Å². The van der Waals surface area contributed by atoms with Gasteiger partial charge in [-0.2, -0.15) is 0 Å². The van der Waals surface area contributed by atoms with Gasteiger partial charge in [-0.3, -0.25) is 19.4 Å². The lowest BCUT2D eigenvalue weighted by atomic mass is 10.0. The molecule has 234 valence electrons. The van der Waals surface area contributed by atoms with E-state index in [1.165, 1.54) is 35.2 Å². The van der Waals surface area contributed by atoms with E-state index < -0.39 is 11.8 Å². The molecule has 0 aromatic heterocycles. The molecular formula is C32H29ClFN3O6S2. The second-order valence-corrected chi connectivity index (χ2v) is 12.3. The summed E-state index contributed by atoms with van der Waals surface area (Å²) in [5.74, 6) is -1.72. The lowest BCUT2D eigenvalue weighted by Crippen LogP contribution is -2.38. The van der Waals surface area contributed by atoms with Gasteiger partial charge < -0.3 is 19.9 Å². The number of carboxylic acids is 1. The van der Waals surface area contributed by atoms with Gasteiger partial charge in [0.05, 0.1) is 23.7 Å². The fourth-order valence-corrected chi connectivity index (χ4v) is 6.22. The maximum absolute atomic E-state index is 14.8. The number of rotatable bonds is 11. The molecule has 0 saturated carbocycles. The van der Waals surface area contributed by atoms with Crippen LogP contribution < -0.4 is 10.1 Å². The molecule has 2 amide bonds. The smallest absolute Gasteiger partial charge is 0.335 e. The Morgan fingerprint density at radius 1 is 1.09 bits per heavy atom. The van der Waals surface area contributed by atoms with Crippen LogP contribution in [-0.2, 0) is 14.3 Å². The van der Waals surface area contributed by atoms with Crippen LogP contribution in [-0.4, -0.2) is 83.0 Å². The molecule has 5 rings (SSSR count). The molecule has 0 radical (unpaired) electrons. The number of carboxylic acid groups (broad SMARTS) is 1. The highest BCUT2D eigenvalue weighted by Crippen LogP contribution is 2.36. The average Bonchev–Trinajstić information content (AvgIpc) is 3.28. The number of aromatic carboxylic acids is 1. The molecule has 2 saturated heterocycles. The van der Waals surface area contributed by atoms with E-state index in [1.807, 2.05) is 0 Å². The quantitative estimate of drug-likeness (QED) is 0.194. The first-order valence-electron chi connectivity index (χ1n) is 14.1. The number of anilines is 1. The highest BCUT2D eigenvalue weighted by atomic mass is 35.5. The largest absolute Gasteiger partial charge is 0.492 e. The standard InChI is InChI=1S/C32H29ClFN3O6S2/c33-23-4-7-25(26(34)19-23)21-3-8-27(43-16-13-36-11-14-42-15-12-36)22(17-21)18-28-30(39)37(32(44)45-28)10-9-29(38)35-24-5-1-20(2-6-24)31(40)41/h1-8,17-19H,9-16H2,(H,35,38)(H,40,41). The van der Waals surface area contributed by atoms with Gasteiger partial charge in [-0.25, -0.2) is 9.18 Å². The first-order valence-corrected chi connectivity index (χ1v) is 15.7. The molecular weight excluding hydrogens is 641 g/mol. The topological polar surface area (TPSA) is 108 Å². The van der Waals surface area contributed by atoms with E-state index in [2.05, 4.69) is 10.2 Å². The van der Waals surface area contributed by atoms with E-state index in [0.29, 0.717) is 63.7 Å². The van der Waals surface area contributed by atoms with Crippen molar-refractivity contribution in [3.8, 4) is 16.9 Å². The van der Waals surface area contributed by atoms with Crippen molar-refractivity contribution < 1.29 is 33.4 Å². The molecule has 2 heterocycles. The zero-order chi connectivity index (χ0) is 31.9. The summed E-state index contributed by atoms with van der Waals surface area (Å²) in [7, 11) is 0. The van der Waals surface area contributed by atoms with E-state index in [1.54, 1.807) is 36.4 Å². The lowest BCUT2D eigenvalue weighted by Gasteiger charge is -2.26. The number of ether oxygens (including phenoxy) is 2. The van der Waals surface area contributed by atoms with E-state index in [-0.39, 0.29) is 35.4 Å². The minimum Gasteiger partial charge on any atom is -0.492 e. The third kappa shape index (κ3) is 8.47. The van der Waals surface area contributed by atoms with Crippen molar-refractivity contribution >= 4 is 69.4 Å². The molecule has 2 aliphatic rings. The van der Waals surface area contributed by atoms with Gasteiger partial charge in [-0.1, -0.05) is 41.6 Å². The highest BCUT2D eigenvalue weighted by molar-refractivity contribution is 8.26. The van der Waals surface area contributed by atoms with Crippen molar-refractivity contribution in [1.29, 1.82) is 0 Å². The van der Waals surface area contributed by atoms with Crippen molar-refractivity contribution in [3.05, 3.63) is 87.5 Å². The molecule has 3 aromatic rings. The predicted octanol–water partition coefficient (Wildman–Crippen LogP) is 5.79. The predicted molar refractivity (Wildman–Crippen MR) is 176 cm³/mol. The average molecular weight is 670 g/mol. The van der Waals surface area contributed by atoms with Crippen molar-refractivity contribution in [2.45, 2.75) is 6.42 Å². The summed E-state index contributed by atoms with van der Waals surface area (Å²) in [6, 6.07) is 15.5. The summed E-state index contributed by atoms with van der Waals surface area (Å²) >= 11 is 12.5. The van der Waals surface area contributed by atoms with E-state index in [4.69, 9.17) is 38.4 Å². The van der Waals surface area contributed by atoms with Crippen LogP contribution in [0.25, 0.3) is 17.2 Å². The molecule has 0 bridgehead atoms. The molecule has 45 heavy (non-hydrogen) atoms. The summed E-state index contributed by atoms with van der Waals surface area (Å²) in [6.45, 7) is 4.16. The third-order valence-corrected chi connectivity index (χ3v) is 8.77. The van der Waals surface area contributed by atoms with Crippen molar-refractivity contribution in [2.24, 2.45) is 0 Å². The van der Waals surface area contributed by atoms with Gasteiger partial charge >= 0.3 is 5.97 Å². The fraction of sp³-hybridized carbons (Fsp3) is 0.250. The number of carbonyl (C=O) groups is 3. The first-order chi connectivity index (χ1) is 21.7. The summed E-state index contributed by atoms with van der Waals surface area (Å²) in [4.78, 5) is 40.9. The molecule has 2 N–H and O–H groups in total. The zero-order valence-electron chi connectivity index (χ0n) is 24.0. The van der Waals surface area contributed by atoms with Crippen LogP contribution in [0.3, 0.4) is 0 Å². The van der Waals surface area contributed by atoms with Crippen LogP contribution in [0.15, 0.2) is 65.6 Å². The number of halogens is 2. The number of nitrogens with zero attached hydrogens (tertiary/aromatic N) is 2. The maximum atomic E-state index is 14.8. The number of morpholine rings is 1. The minimum absolute atomic E-state index is 0.0262. The molecule has 3 aromatic carbocycles. The van der Waals surface area contributed by atoms with E-state index in [0.717, 1.165) is 24.9 Å². The zero-order valence-corrected chi connectivity index (χ0v) is 26.4. The second kappa shape index (κ2) is 15.0. The fourth-order valence-electron chi connectivity index (χ4n) is 4.76. The Bertz CT molecular complexity index is 1650. The summed E-state index contributed by atoms with van der Waals surface area (Å²) in [5, 5.41) is 12.0. The maximum Gasteiger partial charge on any atom is 0.335 e. The minimum atomic E-state index is -1.06. The monoisotopic (exact) mass is 669 g/mol. The van der Waals surface area contributed by atoms with Crippen LogP contribution in [0, 0.1) is 5.82 Å². The number of nitrogens with one attached hydrogen (secondary N) is 1. The van der Waals surface area contributed by atoms with Gasteiger partial charge in [0.25, 0.3) is 5.91 Å². The summed E-state index contributed by atoms with van der Waals surface area (Å²) in [6.07, 6.45) is 1.65. The Hall–Kier alpha value is -3.81. The van der Waals surface area contributed by atoms with Crippen molar-refractivity contribution in [2.75, 3.05) is 51.3 Å². The summed E-state index contributed by atoms with van der Waals surface area (Å²) < 4.78 is 26.7. The third-order valence-electron chi connectivity index (χ3n) is 7.16. The normalized spacial score (nSPS) is 16.3. The van der Waals surface area contributed by atoms with Crippen molar-refractivity contribution in [3.63, 3.8) is 0 Å². The molecule has 2 aliphatic heterocycles. The SMILES string of the molecule is O=C(CCN1C(=O)C(=Cc2cc(-c3ccc(Cl)cc3F)ccc2OCCN2CCOCC2)SC1=S)Nc1ccc(C(=O)O)cc1. The van der Waals surface area contributed by atoms with Crippen LogP contribution in [0.2, 0.25) is 5.02 Å². The number of amides is 2. The first kappa shape index (κ1) is 32.6. The number of carbonyl (C=O) groups excluding carboxylic acids is 2. The number of thiocarbonyl (C=S) groups is 1. The summed E-state index contributed by atoms with van der Waals surface area (Å²) in [5.41, 5.74) is 2.05. The lowest BCUT2D eigenvalue weighted by molar-refractivity contribution is -0.122. The molecule has 0 atom stereocenters. The number of benzene rings is 3. The van der Waals surface area contributed by atoms with Gasteiger partial charge in [-0.05, 0) is 66.2 Å². The Morgan fingerprint density at radius 3 is 2.56 bits per heavy atom. The van der Waals surface area contributed by atoms with Gasteiger partial charge in [0.2, 0.25) is 5.91 Å². The van der Waals surface area contributed by atoms with Crippen LogP contribution in [0.5, 0.6) is 5.75 Å². The molecule has 0 unspecified atom stereocenters. The Morgan fingerprint density at radius 2 is 1.84 bits per heavy atom. The molecule has 13 heteroatoms. The van der Waals surface area contributed by atoms with Gasteiger partial charge in [-0.15, -0.1) is 0 Å². The molecule has 2 fully saturated rings. The van der Waals surface area contributed by atoms with E-state index in [9.17, 15) is 18.8 Å². The molecule has 0 aliphatic carbocycles. The number of hydrogen-bond donors (Lipinski definition) is 2. The molecule has 9 nitrogen and oxygen atoms in total. The van der Waals surface area contributed by atoms with Gasteiger partial charge in [0.1, 0.15) is 22.5 Å².